The van der Waals surface area contributed by atoms with Gasteiger partial charge in [0.2, 0.25) is 0 Å². The van der Waals surface area contributed by atoms with E-state index in [1.807, 2.05) is 24.3 Å². The fourth-order valence-corrected chi connectivity index (χ4v) is 1.82. The van der Waals surface area contributed by atoms with Crippen LogP contribution in [0.25, 0.3) is 0 Å². The molecule has 4 nitrogen and oxygen atoms in total. The van der Waals surface area contributed by atoms with Crippen molar-refractivity contribution in [3.05, 3.63) is 65.2 Å². The normalized spacial score (nSPS) is 10.0. The van der Waals surface area contributed by atoms with Crippen molar-refractivity contribution < 1.29 is 9.90 Å². The van der Waals surface area contributed by atoms with E-state index >= 15 is 0 Å². The Balaban J connectivity index is 1.96. The second-order valence-corrected chi connectivity index (χ2v) is 4.73. The predicted molar refractivity (Wildman–Crippen MR) is 81.6 cm³/mol. The number of nitrogens with one attached hydrogen (secondary N) is 1. The van der Waals surface area contributed by atoms with E-state index in [2.05, 4.69) is 5.32 Å². The number of amides is 1. The van der Waals surface area contributed by atoms with Crippen LogP contribution in [0.3, 0.4) is 0 Å². The summed E-state index contributed by atoms with van der Waals surface area (Å²) in [7, 11) is 0. The van der Waals surface area contributed by atoms with E-state index in [4.69, 9.17) is 23.1 Å². The first kappa shape index (κ1) is 14.0. The summed E-state index contributed by atoms with van der Waals surface area (Å²) in [6.07, 6.45) is 0. The highest BCUT2D eigenvalue weighted by molar-refractivity contribution is 7.80. The zero-order chi connectivity index (χ0) is 14.5. The van der Waals surface area contributed by atoms with Crippen LogP contribution in [-0.2, 0) is 6.54 Å². The lowest BCUT2D eigenvalue weighted by molar-refractivity contribution is 0.0951. The zero-order valence-electron chi connectivity index (χ0n) is 10.7. The Labute approximate surface area is 122 Å². The molecule has 2 rings (SSSR count). The molecule has 2 aromatic carbocycles. The maximum atomic E-state index is 11.9. The fourth-order valence-electron chi connectivity index (χ4n) is 1.68. The lowest BCUT2D eigenvalue weighted by atomic mass is 10.1. The third-order valence-electron chi connectivity index (χ3n) is 2.82. The van der Waals surface area contributed by atoms with E-state index in [9.17, 15) is 4.79 Å². The van der Waals surface area contributed by atoms with Gasteiger partial charge in [-0.15, -0.1) is 0 Å². The van der Waals surface area contributed by atoms with Crippen LogP contribution in [0.15, 0.2) is 48.5 Å². The van der Waals surface area contributed by atoms with Crippen molar-refractivity contribution in [2.24, 2.45) is 5.73 Å². The predicted octanol–water partition coefficient (Wildman–Crippen LogP) is 1.96. The minimum Gasteiger partial charge on any atom is -0.508 e. The van der Waals surface area contributed by atoms with Crippen molar-refractivity contribution in [2.75, 3.05) is 0 Å². The molecule has 4 N–H and O–H groups in total. The molecule has 0 spiro atoms. The standard InChI is InChI=1S/C15H14N2O2S/c16-14(20)11-3-1-10(2-4-11)9-17-15(19)12-5-7-13(18)8-6-12/h1-8,18H,9H2,(H2,16,20)(H,17,19). The topological polar surface area (TPSA) is 75.3 Å². The summed E-state index contributed by atoms with van der Waals surface area (Å²) in [5, 5.41) is 12.0. The van der Waals surface area contributed by atoms with Gasteiger partial charge in [-0.2, -0.15) is 0 Å². The molecule has 0 fully saturated rings. The van der Waals surface area contributed by atoms with E-state index in [0.29, 0.717) is 17.1 Å². The Hall–Kier alpha value is -2.40. The number of carbonyl (C=O) groups is 1. The summed E-state index contributed by atoms with van der Waals surface area (Å²) in [6, 6.07) is 13.5. The van der Waals surface area contributed by atoms with Crippen LogP contribution in [0, 0.1) is 0 Å². The van der Waals surface area contributed by atoms with Crippen LogP contribution in [0.4, 0.5) is 0 Å². The summed E-state index contributed by atoms with van der Waals surface area (Å²) < 4.78 is 0. The van der Waals surface area contributed by atoms with E-state index in [1.54, 1.807) is 12.1 Å². The molecule has 0 bridgehead atoms. The molecule has 0 heterocycles. The molecule has 0 radical (unpaired) electrons. The molecule has 2 aromatic rings. The minimum atomic E-state index is -0.191. The van der Waals surface area contributed by atoms with E-state index in [-0.39, 0.29) is 11.7 Å². The van der Waals surface area contributed by atoms with Gasteiger partial charge in [0.15, 0.2) is 0 Å². The maximum Gasteiger partial charge on any atom is 0.251 e. The molecular weight excluding hydrogens is 272 g/mol. The van der Waals surface area contributed by atoms with Crippen molar-refractivity contribution in [1.29, 1.82) is 0 Å². The molecule has 0 aromatic heterocycles. The quantitative estimate of drug-likeness (QED) is 0.751. The van der Waals surface area contributed by atoms with Crippen LogP contribution in [0.2, 0.25) is 0 Å². The van der Waals surface area contributed by atoms with Gasteiger partial charge in [0.1, 0.15) is 10.7 Å². The minimum absolute atomic E-state index is 0.134. The zero-order valence-corrected chi connectivity index (χ0v) is 11.5. The lowest BCUT2D eigenvalue weighted by Gasteiger charge is -2.06. The Morgan fingerprint density at radius 1 is 1.05 bits per heavy atom. The molecule has 0 unspecified atom stereocenters. The monoisotopic (exact) mass is 286 g/mol. The summed E-state index contributed by atoms with van der Waals surface area (Å²) in [4.78, 5) is 12.2. The number of rotatable bonds is 4. The molecule has 102 valence electrons. The van der Waals surface area contributed by atoms with E-state index in [0.717, 1.165) is 11.1 Å². The van der Waals surface area contributed by atoms with Gasteiger partial charge in [0, 0.05) is 17.7 Å². The summed E-state index contributed by atoms with van der Waals surface area (Å²) >= 11 is 4.87. The largest absolute Gasteiger partial charge is 0.508 e. The van der Waals surface area contributed by atoms with Crippen LogP contribution in [-0.4, -0.2) is 16.0 Å². The van der Waals surface area contributed by atoms with Gasteiger partial charge in [-0.05, 0) is 29.8 Å². The molecule has 0 aliphatic rings. The van der Waals surface area contributed by atoms with Gasteiger partial charge >= 0.3 is 0 Å². The number of phenolic OH excluding ortho intramolecular Hbond substituents is 1. The second kappa shape index (κ2) is 6.16. The molecule has 20 heavy (non-hydrogen) atoms. The van der Waals surface area contributed by atoms with Gasteiger partial charge in [0.25, 0.3) is 5.91 Å². The van der Waals surface area contributed by atoms with Gasteiger partial charge < -0.3 is 16.2 Å². The highest BCUT2D eigenvalue weighted by Gasteiger charge is 2.05. The molecule has 5 heteroatoms. The Morgan fingerprint density at radius 2 is 1.60 bits per heavy atom. The molecule has 0 atom stereocenters. The first-order chi connectivity index (χ1) is 9.56. The smallest absolute Gasteiger partial charge is 0.251 e. The van der Waals surface area contributed by atoms with Gasteiger partial charge in [0.05, 0.1) is 0 Å². The lowest BCUT2D eigenvalue weighted by Crippen LogP contribution is -2.22. The SMILES string of the molecule is NC(=S)c1ccc(CNC(=O)c2ccc(O)cc2)cc1. The summed E-state index contributed by atoms with van der Waals surface area (Å²) in [5.41, 5.74) is 7.77. The van der Waals surface area contributed by atoms with E-state index in [1.165, 1.54) is 12.1 Å². The number of nitrogens with two attached hydrogens (primary N) is 1. The number of benzene rings is 2. The first-order valence-corrected chi connectivity index (χ1v) is 6.43. The number of carbonyl (C=O) groups excluding carboxylic acids is 1. The second-order valence-electron chi connectivity index (χ2n) is 4.29. The van der Waals surface area contributed by atoms with Crippen LogP contribution in [0.5, 0.6) is 5.75 Å². The average molecular weight is 286 g/mol. The van der Waals surface area contributed by atoms with Crippen molar-refractivity contribution in [3.63, 3.8) is 0 Å². The Morgan fingerprint density at radius 3 is 2.15 bits per heavy atom. The number of hydrogen-bond donors (Lipinski definition) is 3. The molecule has 0 aliphatic heterocycles. The summed E-state index contributed by atoms with van der Waals surface area (Å²) in [6.45, 7) is 0.414. The van der Waals surface area contributed by atoms with Crippen LogP contribution >= 0.6 is 12.2 Å². The van der Waals surface area contributed by atoms with Crippen molar-refractivity contribution in [2.45, 2.75) is 6.54 Å². The summed E-state index contributed by atoms with van der Waals surface area (Å²) in [5.74, 6) is -0.0571. The average Bonchev–Trinajstić information content (AvgIpc) is 2.46. The van der Waals surface area contributed by atoms with Gasteiger partial charge in [-0.1, -0.05) is 36.5 Å². The third-order valence-corrected chi connectivity index (χ3v) is 3.06. The Bertz CT molecular complexity index is 621. The fraction of sp³-hybridized carbons (Fsp3) is 0.0667. The molecule has 0 saturated carbocycles. The van der Waals surface area contributed by atoms with Crippen molar-refractivity contribution >= 4 is 23.1 Å². The van der Waals surface area contributed by atoms with Crippen molar-refractivity contribution in [1.82, 2.24) is 5.32 Å². The van der Waals surface area contributed by atoms with Crippen LogP contribution in [0.1, 0.15) is 21.5 Å². The number of phenols is 1. The van der Waals surface area contributed by atoms with Gasteiger partial charge in [-0.25, -0.2) is 0 Å². The van der Waals surface area contributed by atoms with E-state index < -0.39 is 0 Å². The molecule has 1 amide bonds. The number of thiocarbonyl (C=S) groups is 1. The van der Waals surface area contributed by atoms with Crippen molar-refractivity contribution in [3.8, 4) is 5.75 Å². The number of aromatic hydroxyl groups is 1. The number of hydrogen-bond acceptors (Lipinski definition) is 3. The first-order valence-electron chi connectivity index (χ1n) is 6.02. The highest BCUT2D eigenvalue weighted by Crippen LogP contribution is 2.10. The Kier molecular flexibility index (Phi) is 4.32. The maximum absolute atomic E-state index is 11.9. The van der Waals surface area contributed by atoms with Crippen LogP contribution < -0.4 is 11.1 Å². The molecule has 0 aliphatic carbocycles. The highest BCUT2D eigenvalue weighted by atomic mass is 32.1. The molecular formula is C15H14N2O2S. The molecule has 0 saturated heterocycles. The third kappa shape index (κ3) is 3.55. The van der Waals surface area contributed by atoms with Gasteiger partial charge in [-0.3, -0.25) is 4.79 Å².